The van der Waals surface area contributed by atoms with Crippen LogP contribution < -0.4 is 10.9 Å². The molecule has 6 nitrogen and oxygen atoms in total. The lowest BCUT2D eigenvalue weighted by Crippen LogP contribution is -2.15. The van der Waals surface area contributed by atoms with Crippen molar-refractivity contribution in [2.75, 3.05) is 5.32 Å². The Morgan fingerprint density at radius 1 is 1.25 bits per heavy atom. The van der Waals surface area contributed by atoms with Crippen molar-refractivity contribution in [3.8, 4) is 0 Å². The van der Waals surface area contributed by atoms with Crippen LogP contribution in [0.25, 0.3) is 0 Å². The lowest BCUT2D eigenvalue weighted by atomic mass is 10.1. The van der Waals surface area contributed by atoms with Gasteiger partial charge in [0.2, 0.25) is 5.56 Å². The predicted molar refractivity (Wildman–Crippen MR) is 75.5 cm³/mol. The van der Waals surface area contributed by atoms with E-state index in [1.807, 2.05) is 0 Å². The highest BCUT2D eigenvalue weighted by Crippen LogP contribution is 2.12. The summed E-state index contributed by atoms with van der Waals surface area (Å²) in [6, 6.07) is 9.62. The number of nitrogens with zero attached hydrogens (tertiary/aromatic N) is 1. The average Bonchev–Trinajstić information content (AvgIpc) is 2.46. The van der Waals surface area contributed by atoms with Crippen LogP contribution in [0.15, 0.2) is 52.5 Å². The smallest absolute Gasteiger partial charge is 0.255 e. The van der Waals surface area contributed by atoms with Crippen molar-refractivity contribution in [2.24, 2.45) is 5.16 Å². The van der Waals surface area contributed by atoms with Gasteiger partial charge in [-0.15, -0.1) is 0 Å². The first-order valence-corrected chi connectivity index (χ1v) is 5.89. The van der Waals surface area contributed by atoms with Gasteiger partial charge in [0.15, 0.2) is 0 Å². The van der Waals surface area contributed by atoms with E-state index in [2.05, 4.69) is 15.5 Å². The second-order valence-electron chi connectivity index (χ2n) is 4.16. The quantitative estimate of drug-likeness (QED) is 0.451. The lowest BCUT2D eigenvalue weighted by Gasteiger charge is -2.06. The average molecular weight is 271 g/mol. The Bertz CT molecular complexity index is 719. The van der Waals surface area contributed by atoms with Gasteiger partial charge >= 0.3 is 0 Å². The number of benzene rings is 1. The molecule has 0 radical (unpaired) electrons. The van der Waals surface area contributed by atoms with Gasteiger partial charge in [-0.2, -0.15) is 0 Å². The van der Waals surface area contributed by atoms with Gasteiger partial charge in [-0.05, 0) is 25.1 Å². The summed E-state index contributed by atoms with van der Waals surface area (Å²) in [5, 5.41) is 14.5. The molecule has 1 aromatic heterocycles. The zero-order valence-corrected chi connectivity index (χ0v) is 10.8. The van der Waals surface area contributed by atoms with Crippen LogP contribution in [0.2, 0.25) is 0 Å². The van der Waals surface area contributed by atoms with Gasteiger partial charge in [0.05, 0.1) is 5.71 Å². The standard InChI is InChI=1S/C14H13N3O3/c1-9(17-20)10-3-2-4-12(7-10)16-14(19)11-5-6-15-13(18)8-11/h2-8,20H,1H3,(H,15,18)(H,16,19)/b17-9-. The molecule has 1 aromatic carbocycles. The normalized spacial score (nSPS) is 11.2. The van der Waals surface area contributed by atoms with Gasteiger partial charge < -0.3 is 15.5 Å². The third-order valence-electron chi connectivity index (χ3n) is 2.73. The van der Waals surface area contributed by atoms with E-state index < -0.39 is 0 Å². The molecule has 1 amide bonds. The number of H-pyrrole nitrogens is 1. The second-order valence-corrected chi connectivity index (χ2v) is 4.16. The van der Waals surface area contributed by atoms with Crippen LogP contribution in [0.5, 0.6) is 0 Å². The highest BCUT2D eigenvalue weighted by Gasteiger charge is 2.07. The van der Waals surface area contributed by atoms with E-state index in [-0.39, 0.29) is 17.0 Å². The molecule has 0 bridgehead atoms. The molecule has 0 unspecified atom stereocenters. The van der Waals surface area contributed by atoms with E-state index in [9.17, 15) is 9.59 Å². The fourth-order valence-corrected chi connectivity index (χ4v) is 1.67. The molecule has 1 heterocycles. The zero-order chi connectivity index (χ0) is 14.5. The molecule has 0 atom stereocenters. The maximum Gasteiger partial charge on any atom is 0.255 e. The van der Waals surface area contributed by atoms with Crippen molar-refractivity contribution in [1.82, 2.24) is 4.98 Å². The Balaban J connectivity index is 2.22. The number of nitrogens with one attached hydrogen (secondary N) is 2. The number of hydrogen-bond acceptors (Lipinski definition) is 4. The zero-order valence-electron chi connectivity index (χ0n) is 10.8. The molecule has 0 spiro atoms. The third-order valence-corrected chi connectivity index (χ3v) is 2.73. The summed E-state index contributed by atoms with van der Waals surface area (Å²) in [7, 11) is 0. The minimum atomic E-state index is -0.383. The first-order valence-electron chi connectivity index (χ1n) is 5.89. The van der Waals surface area contributed by atoms with Crippen molar-refractivity contribution in [3.63, 3.8) is 0 Å². The number of aromatic amines is 1. The molecule has 3 N–H and O–H groups in total. The monoisotopic (exact) mass is 271 g/mol. The predicted octanol–water partition coefficient (Wildman–Crippen LogP) is 1.83. The number of carbonyl (C=O) groups excluding carboxylic acids is 1. The highest BCUT2D eigenvalue weighted by molar-refractivity contribution is 6.05. The van der Waals surface area contributed by atoms with E-state index >= 15 is 0 Å². The van der Waals surface area contributed by atoms with Gasteiger partial charge in [0.1, 0.15) is 0 Å². The van der Waals surface area contributed by atoms with Crippen molar-refractivity contribution >= 4 is 17.3 Å². The van der Waals surface area contributed by atoms with Crippen LogP contribution in [0.1, 0.15) is 22.8 Å². The second kappa shape index (κ2) is 5.83. The van der Waals surface area contributed by atoms with Crippen molar-refractivity contribution in [2.45, 2.75) is 6.92 Å². The number of hydrogen-bond donors (Lipinski definition) is 3. The minimum absolute atomic E-state index is 0.270. The Kier molecular flexibility index (Phi) is 3.95. The van der Waals surface area contributed by atoms with Gasteiger partial charge in [0, 0.05) is 29.1 Å². The summed E-state index contributed by atoms with van der Waals surface area (Å²) in [5.41, 5.74) is 1.62. The summed E-state index contributed by atoms with van der Waals surface area (Å²) in [6.45, 7) is 1.65. The van der Waals surface area contributed by atoms with Gasteiger partial charge in [-0.25, -0.2) is 0 Å². The van der Waals surface area contributed by atoms with Crippen LogP contribution in [-0.4, -0.2) is 21.8 Å². The highest BCUT2D eigenvalue weighted by atomic mass is 16.4. The molecular formula is C14H13N3O3. The number of anilines is 1. The first kappa shape index (κ1) is 13.5. The fraction of sp³-hybridized carbons (Fsp3) is 0.0714. The van der Waals surface area contributed by atoms with Crippen LogP contribution >= 0.6 is 0 Å². The van der Waals surface area contributed by atoms with Gasteiger partial charge in [-0.3, -0.25) is 9.59 Å². The maximum absolute atomic E-state index is 12.0. The number of aromatic nitrogens is 1. The van der Waals surface area contributed by atoms with Crippen LogP contribution in [0, 0.1) is 0 Å². The number of pyridine rings is 1. The summed E-state index contributed by atoms with van der Waals surface area (Å²) < 4.78 is 0. The van der Waals surface area contributed by atoms with Gasteiger partial charge in [0.25, 0.3) is 5.91 Å². The minimum Gasteiger partial charge on any atom is -0.411 e. The lowest BCUT2D eigenvalue weighted by molar-refractivity contribution is 0.102. The molecule has 20 heavy (non-hydrogen) atoms. The molecule has 2 rings (SSSR count). The molecule has 0 aliphatic rings. The summed E-state index contributed by atoms with van der Waals surface area (Å²) in [4.78, 5) is 25.6. The first-order chi connectivity index (χ1) is 9.60. The molecule has 6 heteroatoms. The topological polar surface area (TPSA) is 94.6 Å². The molecule has 102 valence electrons. The molecule has 0 aliphatic heterocycles. The Morgan fingerprint density at radius 3 is 2.75 bits per heavy atom. The molecule has 0 aliphatic carbocycles. The van der Waals surface area contributed by atoms with E-state index in [4.69, 9.17) is 5.21 Å². The number of rotatable bonds is 3. The van der Waals surface area contributed by atoms with E-state index in [1.165, 1.54) is 18.3 Å². The number of oxime groups is 1. The van der Waals surface area contributed by atoms with Crippen LogP contribution in [0.4, 0.5) is 5.69 Å². The fourth-order valence-electron chi connectivity index (χ4n) is 1.67. The third kappa shape index (κ3) is 3.11. The molecule has 0 fully saturated rings. The molecule has 0 saturated carbocycles. The van der Waals surface area contributed by atoms with Gasteiger partial charge in [-0.1, -0.05) is 17.3 Å². The van der Waals surface area contributed by atoms with Crippen molar-refractivity contribution < 1.29 is 10.0 Å². The van der Waals surface area contributed by atoms with E-state index in [0.717, 1.165) is 0 Å². The summed E-state index contributed by atoms with van der Waals surface area (Å²) >= 11 is 0. The number of amides is 1. The Morgan fingerprint density at radius 2 is 2.05 bits per heavy atom. The van der Waals surface area contributed by atoms with E-state index in [0.29, 0.717) is 17.0 Å². The maximum atomic E-state index is 12.0. The van der Waals surface area contributed by atoms with E-state index in [1.54, 1.807) is 31.2 Å². The Hall–Kier alpha value is -2.89. The summed E-state index contributed by atoms with van der Waals surface area (Å²) in [6.07, 6.45) is 1.41. The summed E-state index contributed by atoms with van der Waals surface area (Å²) in [5.74, 6) is -0.383. The van der Waals surface area contributed by atoms with Crippen LogP contribution in [0.3, 0.4) is 0 Å². The van der Waals surface area contributed by atoms with Crippen molar-refractivity contribution in [3.05, 3.63) is 64.1 Å². The molecule has 2 aromatic rings. The largest absolute Gasteiger partial charge is 0.411 e. The molecular weight excluding hydrogens is 258 g/mol. The number of carbonyl (C=O) groups is 1. The molecule has 0 saturated heterocycles. The van der Waals surface area contributed by atoms with Crippen LogP contribution in [-0.2, 0) is 0 Å². The Labute approximate surface area is 114 Å². The van der Waals surface area contributed by atoms with Crippen molar-refractivity contribution in [1.29, 1.82) is 0 Å². The SMILES string of the molecule is C/C(=N/O)c1cccc(NC(=O)c2cc[nH]c(=O)c2)c1.